The zero-order valence-corrected chi connectivity index (χ0v) is 13.2. The molecule has 3 aliphatic rings. The third-order valence-electron chi connectivity index (χ3n) is 5.16. The van der Waals surface area contributed by atoms with Crippen molar-refractivity contribution in [2.24, 2.45) is 23.2 Å². The third kappa shape index (κ3) is 2.84. The summed E-state index contributed by atoms with van der Waals surface area (Å²) in [6.45, 7) is 10.1. The first-order valence-corrected chi connectivity index (χ1v) is 7.58. The van der Waals surface area contributed by atoms with Gasteiger partial charge in [-0.15, -0.1) is 0 Å². The Morgan fingerprint density at radius 3 is 2.50 bits per heavy atom. The first-order valence-electron chi connectivity index (χ1n) is 7.58. The number of carbonyl (C=O) groups is 2. The zero-order valence-electron chi connectivity index (χ0n) is 13.2. The van der Waals surface area contributed by atoms with Crippen molar-refractivity contribution in [3.63, 3.8) is 0 Å². The lowest BCUT2D eigenvalue weighted by atomic mass is 9.44. The van der Waals surface area contributed by atoms with E-state index in [0.717, 1.165) is 19.1 Å². The standard InChI is InChI=1S/C16H27NO3/c1-15(2,3)20-14(19)17-13-10(6-7-18)8-11-9-12(13)16(11,4)5/h7,10-13H,6,8-9H2,1-5H3,(H,17,19)/t10-,11+,12-,13-/m1/s1. The number of fused-ring (bicyclic) bond motifs is 2. The summed E-state index contributed by atoms with van der Waals surface area (Å²) in [5, 5.41) is 3.03. The van der Waals surface area contributed by atoms with Gasteiger partial charge in [-0.1, -0.05) is 13.8 Å². The Balaban J connectivity index is 2.05. The molecule has 3 rings (SSSR count). The van der Waals surface area contributed by atoms with Crippen LogP contribution in [-0.4, -0.2) is 24.0 Å². The lowest BCUT2D eigenvalue weighted by Crippen LogP contribution is -2.63. The fourth-order valence-corrected chi connectivity index (χ4v) is 3.93. The molecule has 0 saturated heterocycles. The van der Waals surface area contributed by atoms with Crippen LogP contribution in [0.5, 0.6) is 0 Å². The maximum absolute atomic E-state index is 12.0. The molecule has 0 radical (unpaired) electrons. The van der Waals surface area contributed by atoms with E-state index in [1.54, 1.807) is 0 Å². The van der Waals surface area contributed by atoms with E-state index in [1.165, 1.54) is 0 Å². The second-order valence-electron chi connectivity index (χ2n) is 7.93. The van der Waals surface area contributed by atoms with E-state index in [2.05, 4.69) is 19.2 Å². The molecule has 0 aromatic carbocycles. The molecule has 0 heterocycles. The van der Waals surface area contributed by atoms with Gasteiger partial charge in [0, 0.05) is 12.5 Å². The van der Waals surface area contributed by atoms with E-state index in [4.69, 9.17) is 4.74 Å². The molecule has 4 nitrogen and oxygen atoms in total. The van der Waals surface area contributed by atoms with Gasteiger partial charge >= 0.3 is 6.09 Å². The number of alkyl carbamates (subject to hydrolysis) is 1. The summed E-state index contributed by atoms with van der Waals surface area (Å²) in [4.78, 5) is 22.9. The number of nitrogens with one attached hydrogen (secondary N) is 1. The smallest absolute Gasteiger partial charge is 0.407 e. The molecule has 20 heavy (non-hydrogen) atoms. The van der Waals surface area contributed by atoms with Gasteiger partial charge in [-0.3, -0.25) is 0 Å². The van der Waals surface area contributed by atoms with Crippen LogP contribution in [0.1, 0.15) is 53.9 Å². The highest BCUT2D eigenvalue weighted by Crippen LogP contribution is 2.61. The first-order chi connectivity index (χ1) is 9.15. The molecule has 0 aliphatic heterocycles. The van der Waals surface area contributed by atoms with Crippen LogP contribution in [0.2, 0.25) is 0 Å². The van der Waals surface area contributed by atoms with Gasteiger partial charge in [0.15, 0.2) is 0 Å². The molecule has 3 saturated carbocycles. The van der Waals surface area contributed by atoms with Crippen molar-refractivity contribution in [3.8, 4) is 0 Å². The molecular weight excluding hydrogens is 254 g/mol. The summed E-state index contributed by atoms with van der Waals surface area (Å²) in [6, 6.07) is 0.0649. The third-order valence-corrected chi connectivity index (χ3v) is 5.16. The van der Waals surface area contributed by atoms with Gasteiger partial charge in [0.05, 0.1) is 0 Å². The average molecular weight is 281 g/mol. The highest BCUT2D eigenvalue weighted by Gasteiger charge is 2.57. The van der Waals surface area contributed by atoms with E-state index in [9.17, 15) is 9.59 Å². The predicted molar refractivity (Wildman–Crippen MR) is 77.3 cm³/mol. The fraction of sp³-hybridized carbons (Fsp3) is 0.875. The van der Waals surface area contributed by atoms with Crippen molar-refractivity contribution >= 4 is 12.4 Å². The van der Waals surface area contributed by atoms with Crippen molar-refractivity contribution in [3.05, 3.63) is 0 Å². The highest BCUT2D eigenvalue weighted by molar-refractivity contribution is 5.68. The van der Waals surface area contributed by atoms with Gasteiger partial charge in [0.2, 0.25) is 0 Å². The molecule has 0 aromatic heterocycles. The van der Waals surface area contributed by atoms with Crippen molar-refractivity contribution in [2.75, 3.05) is 0 Å². The van der Waals surface area contributed by atoms with E-state index in [1.807, 2.05) is 20.8 Å². The van der Waals surface area contributed by atoms with Crippen LogP contribution in [0.15, 0.2) is 0 Å². The Morgan fingerprint density at radius 2 is 2.00 bits per heavy atom. The SMILES string of the molecule is CC(C)(C)OC(=O)N[C@@H]1[C@H](CC=O)C[C@H]2C[C@H]1C2(C)C. The Hall–Kier alpha value is -1.06. The number of aldehydes is 1. The minimum atomic E-state index is -0.490. The average Bonchev–Trinajstić information content (AvgIpc) is 2.28. The molecule has 0 unspecified atom stereocenters. The van der Waals surface area contributed by atoms with Gasteiger partial charge in [-0.05, 0) is 56.8 Å². The molecule has 1 amide bonds. The number of hydrogen-bond donors (Lipinski definition) is 1. The second kappa shape index (κ2) is 5.05. The summed E-state index contributed by atoms with van der Waals surface area (Å²) in [5.41, 5.74) is -0.227. The molecule has 114 valence electrons. The van der Waals surface area contributed by atoms with Crippen LogP contribution in [0.3, 0.4) is 0 Å². The van der Waals surface area contributed by atoms with Gasteiger partial charge in [0.1, 0.15) is 11.9 Å². The van der Waals surface area contributed by atoms with Crippen LogP contribution >= 0.6 is 0 Å². The van der Waals surface area contributed by atoms with Gasteiger partial charge in [0.25, 0.3) is 0 Å². The molecular formula is C16H27NO3. The van der Waals surface area contributed by atoms with Crippen LogP contribution in [-0.2, 0) is 9.53 Å². The topological polar surface area (TPSA) is 55.4 Å². The first kappa shape index (κ1) is 15.3. The fourth-order valence-electron chi connectivity index (χ4n) is 3.93. The minimum Gasteiger partial charge on any atom is -0.444 e. The second-order valence-corrected chi connectivity index (χ2v) is 7.93. The highest BCUT2D eigenvalue weighted by atomic mass is 16.6. The normalized spacial score (nSPS) is 34.9. The number of amides is 1. The van der Waals surface area contributed by atoms with Crippen LogP contribution < -0.4 is 5.32 Å². The summed E-state index contributed by atoms with van der Waals surface area (Å²) < 4.78 is 5.36. The lowest BCUT2D eigenvalue weighted by Gasteiger charge is -2.62. The zero-order chi connectivity index (χ0) is 15.1. The molecule has 1 N–H and O–H groups in total. The van der Waals surface area contributed by atoms with E-state index in [0.29, 0.717) is 18.3 Å². The van der Waals surface area contributed by atoms with Crippen LogP contribution in [0.25, 0.3) is 0 Å². The molecule has 0 aromatic rings. The lowest BCUT2D eigenvalue weighted by molar-refractivity contribution is -0.124. The summed E-state index contributed by atoms with van der Waals surface area (Å²) in [7, 11) is 0. The van der Waals surface area contributed by atoms with Crippen molar-refractivity contribution in [2.45, 2.75) is 65.5 Å². The Bertz CT molecular complexity index is 397. The van der Waals surface area contributed by atoms with E-state index < -0.39 is 5.60 Å². The largest absolute Gasteiger partial charge is 0.444 e. The van der Waals surface area contributed by atoms with Gasteiger partial charge < -0.3 is 14.8 Å². The van der Waals surface area contributed by atoms with Crippen molar-refractivity contribution in [1.29, 1.82) is 0 Å². The Morgan fingerprint density at radius 1 is 1.35 bits per heavy atom. The van der Waals surface area contributed by atoms with Crippen LogP contribution in [0, 0.1) is 23.2 Å². The summed E-state index contributed by atoms with van der Waals surface area (Å²) >= 11 is 0. The van der Waals surface area contributed by atoms with Gasteiger partial charge in [-0.25, -0.2) is 4.79 Å². The number of ether oxygens (including phenoxy) is 1. The minimum absolute atomic E-state index is 0.0649. The summed E-state index contributed by atoms with van der Waals surface area (Å²) in [6.07, 6.45) is 3.33. The monoisotopic (exact) mass is 281 g/mol. The molecule has 3 fully saturated rings. The number of rotatable bonds is 3. The maximum atomic E-state index is 12.0. The summed E-state index contributed by atoms with van der Waals surface area (Å²) in [5.74, 6) is 1.41. The number of carbonyl (C=O) groups excluding carboxylic acids is 2. The molecule has 4 atom stereocenters. The molecule has 3 aliphatic carbocycles. The van der Waals surface area contributed by atoms with E-state index >= 15 is 0 Å². The van der Waals surface area contributed by atoms with E-state index in [-0.39, 0.29) is 23.5 Å². The Labute approximate surface area is 121 Å². The maximum Gasteiger partial charge on any atom is 0.407 e. The number of hydrogen-bond acceptors (Lipinski definition) is 3. The van der Waals surface area contributed by atoms with Gasteiger partial charge in [-0.2, -0.15) is 0 Å². The van der Waals surface area contributed by atoms with Crippen LogP contribution in [0.4, 0.5) is 4.79 Å². The Kier molecular flexibility index (Phi) is 3.87. The molecule has 4 heteroatoms. The quantitative estimate of drug-likeness (QED) is 0.808. The molecule has 0 spiro atoms. The molecule has 2 bridgehead atoms. The van der Waals surface area contributed by atoms with Crippen molar-refractivity contribution < 1.29 is 14.3 Å². The van der Waals surface area contributed by atoms with Crippen molar-refractivity contribution in [1.82, 2.24) is 5.32 Å². The predicted octanol–water partition coefficient (Wildman–Crippen LogP) is 3.15.